The van der Waals surface area contributed by atoms with E-state index in [9.17, 15) is 14.4 Å². The Labute approximate surface area is 175 Å². The number of carbonyl (C=O) groups excluding carboxylic acids is 3. The molecule has 1 heterocycles. The Morgan fingerprint density at radius 2 is 1.57 bits per heavy atom. The number of methoxy groups -OCH3 is 1. The number of benzene rings is 1. The maximum Gasteiger partial charge on any atom is 0.336 e. The zero-order valence-corrected chi connectivity index (χ0v) is 17.9. The second kappa shape index (κ2) is 10.6. The lowest BCUT2D eigenvalue weighted by atomic mass is 9.79. The van der Waals surface area contributed by atoms with Crippen molar-refractivity contribution in [2.75, 3.05) is 20.3 Å². The molecule has 0 N–H and O–H groups in total. The van der Waals surface area contributed by atoms with Crippen LogP contribution in [0.2, 0.25) is 0 Å². The molecule has 0 fully saturated rings. The number of esters is 3. The molecule has 1 aliphatic heterocycles. The smallest absolute Gasteiger partial charge is 0.336 e. The van der Waals surface area contributed by atoms with Crippen LogP contribution in [0, 0.1) is 11.8 Å². The molecule has 30 heavy (non-hydrogen) atoms. The van der Waals surface area contributed by atoms with Crippen LogP contribution >= 0.6 is 0 Å². The highest BCUT2D eigenvalue weighted by molar-refractivity contribution is 6.10. The molecule has 1 unspecified atom stereocenters. The molecule has 8 nitrogen and oxygen atoms in total. The molecular formula is C22H27NO7. The maximum absolute atomic E-state index is 13.1. The zero-order valence-electron chi connectivity index (χ0n) is 17.9. The summed E-state index contributed by atoms with van der Waals surface area (Å²) in [5, 5.41) is 0. The first-order chi connectivity index (χ1) is 14.3. The molecule has 0 aromatic heterocycles. The minimum atomic E-state index is -1.21. The number of hydrogen-bond acceptors (Lipinski definition) is 8. The van der Waals surface area contributed by atoms with Crippen molar-refractivity contribution in [3.05, 3.63) is 41.1 Å². The van der Waals surface area contributed by atoms with Crippen LogP contribution < -0.4 is 4.74 Å². The first-order valence-corrected chi connectivity index (χ1v) is 9.73. The predicted molar refractivity (Wildman–Crippen MR) is 109 cm³/mol. The van der Waals surface area contributed by atoms with Gasteiger partial charge in [0.1, 0.15) is 24.2 Å². The Morgan fingerprint density at radius 3 is 2.20 bits per heavy atom. The second-order valence-electron chi connectivity index (χ2n) is 6.60. The van der Waals surface area contributed by atoms with Gasteiger partial charge in [0.05, 0.1) is 25.9 Å². The Morgan fingerprint density at radius 1 is 0.933 bits per heavy atom. The van der Waals surface area contributed by atoms with Crippen LogP contribution in [0.5, 0.6) is 5.75 Å². The Hall–Kier alpha value is -3.16. The fraction of sp³-hybridized carbons (Fsp3) is 0.455. The summed E-state index contributed by atoms with van der Waals surface area (Å²) in [6.45, 7) is 6.69. The fourth-order valence-electron chi connectivity index (χ4n) is 3.36. The number of hydrogen-bond donors (Lipinski definition) is 0. The second-order valence-corrected chi connectivity index (χ2v) is 6.60. The van der Waals surface area contributed by atoms with E-state index < -0.39 is 29.7 Å². The molecule has 0 spiro atoms. The lowest BCUT2D eigenvalue weighted by Gasteiger charge is -2.29. The quantitative estimate of drug-likeness (QED) is 0.473. The number of para-hydroxylation sites is 1. The number of ether oxygens (including phenoxy) is 4. The summed E-state index contributed by atoms with van der Waals surface area (Å²) in [7, 11) is 1.52. The van der Waals surface area contributed by atoms with Crippen LogP contribution in [-0.2, 0) is 35.2 Å². The maximum atomic E-state index is 13.1. The van der Waals surface area contributed by atoms with Gasteiger partial charge >= 0.3 is 17.9 Å². The number of allylic oxidation sites excluding steroid dienone is 1. The lowest BCUT2D eigenvalue weighted by molar-refractivity contribution is -0.159. The van der Waals surface area contributed by atoms with Crippen molar-refractivity contribution in [1.29, 1.82) is 0 Å². The Balaban J connectivity index is 2.39. The van der Waals surface area contributed by atoms with Gasteiger partial charge < -0.3 is 18.9 Å². The van der Waals surface area contributed by atoms with Gasteiger partial charge in [-0.1, -0.05) is 18.2 Å². The lowest BCUT2D eigenvalue weighted by Crippen LogP contribution is -2.42. The summed E-state index contributed by atoms with van der Waals surface area (Å²) in [4.78, 5) is 42.7. The zero-order chi connectivity index (χ0) is 22.3. The van der Waals surface area contributed by atoms with Crippen LogP contribution in [0.3, 0.4) is 0 Å². The van der Waals surface area contributed by atoms with E-state index in [0.717, 1.165) is 0 Å². The van der Waals surface area contributed by atoms with Crippen LogP contribution in [-0.4, -0.2) is 43.9 Å². The SMILES string of the molecule is CCOC(=O)C1=C(C)N=C(C)C(C(=O)OCC)[C@H]1C(=O)OCc1ccccc1OC. The van der Waals surface area contributed by atoms with Crippen LogP contribution in [0.4, 0.5) is 0 Å². The van der Waals surface area contributed by atoms with Crippen molar-refractivity contribution in [2.24, 2.45) is 16.8 Å². The van der Waals surface area contributed by atoms with Crippen molar-refractivity contribution in [1.82, 2.24) is 0 Å². The van der Waals surface area contributed by atoms with E-state index in [0.29, 0.717) is 22.7 Å². The van der Waals surface area contributed by atoms with E-state index >= 15 is 0 Å². The van der Waals surface area contributed by atoms with Crippen LogP contribution in [0.1, 0.15) is 33.3 Å². The summed E-state index contributed by atoms with van der Waals surface area (Å²) < 4.78 is 21.0. The molecular weight excluding hydrogens is 390 g/mol. The Bertz CT molecular complexity index is 872. The third kappa shape index (κ3) is 5.06. The molecule has 1 aromatic carbocycles. The molecule has 0 saturated carbocycles. The minimum absolute atomic E-state index is 0.00512. The van der Waals surface area contributed by atoms with E-state index in [2.05, 4.69) is 4.99 Å². The highest BCUT2D eigenvalue weighted by Gasteiger charge is 2.46. The van der Waals surface area contributed by atoms with E-state index in [4.69, 9.17) is 18.9 Å². The van der Waals surface area contributed by atoms with Gasteiger partial charge in [0.15, 0.2) is 0 Å². The van der Waals surface area contributed by atoms with Crippen LogP contribution in [0.15, 0.2) is 40.5 Å². The van der Waals surface area contributed by atoms with Gasteiger partial charge in [-0.05, 0) is 33.8 Å². The summed E-state index contributed by atoms with van der Waals surface area (Å²) in [5.74, 6) is -3.82. The van der Waals surface area contributed by atoms with Gasteiger partial charge in [0.25, 0.3) is 0 Å². The highest BCUT2D eigenvalue weighted by Crippen LogP contribution is 2.34. The van der Waals surface area contributed by atoms with Gasteiger partial charge in [0.2, 0.25) is 0 Å². The summed E-state index contributed by atoms with van der Waals surface area (Å²) in [6.07, 6.45) is 0. The largest absolute Gasteiger partial charge is 0.496 e. The Kier molecular flexibility index (Phi) is 8.15. The van der Waals surface area contributed by atoms with Gasteiger partial charge in [-0.2, -0.15) is 0 Å². The van der Waals surface area contributed by atoms with Gasteiger partial charge in [0, 0.05) is 17.0 Å². The third-order valence-corrected chi connectivity index (χ3v) is 4.68. The standard InChI is InChI=1S/C22H27NO7/c1-6-28-20(24)17-13(3)23-14(4)18(21(25)29-7-2)19(17)22(26)30-12-15-10-8-9-11-16(15)27-5/h8-11,17,19H,6-7,12H2,1-5H3/t17?,19-/m1/s1. The highest BCUT2D eigenvalue weighted by atomic mass is 16.5. The van der Waals surface area contributed by atoms with E-state index in [1.54, 1.807) is 52.0 Å². The predicted octanol–water partition coefficient (Wildman–Crippen LogP) is 2.85. The van der Waals surface area contributed by atoms with Crippen molar-refractivity contribution >= 4 is 23.6 Å². The van der Waals surface area contributed by atoms with Crippen molar-refractivity contribution in [3.8, 4) is 5.75 Å². The minimum Gasteiger partial charge on any atom is -0.496 e. The molecule has 2 atom stereocenters. The van der Waals surface area contributed by atoms with Gasteiger partial charge in [-0.25, -0.2) is 4.79 Å². The topological polar surface area (TPSA) is 100 Å². The monoisotopic (exact) mass is 417 g/mol. The van der Waals surface area contributed by atoms with Crippen LogP contribution in [0.25, 0.3) is 0 Å². The molecule has 8 heteroatoms. The average Bonchev–Trinajstić information content (AvgIpc) is 2.71. The molecule has 0 amide bonds. The number of carbonyl (C=O) groups is 3. The molecule has 1 aliphatic rings. The molecule has 162 valence electrons. The number of aliphatic imine (C=N–C) groups is 1. The summed E-state index contributed by atoms with van der Waals surface area (Å²) >= 11 is 0. The first-order valence-electron chi connectivity index (χ1n) is 9.73. The van der Waals surface area contributed by atoms with E-state index in [1.165, 1.54) is 7.11 Å². The number of nitrogens with zero attached hydrogens (tertiary/aromatic N) is 1. The normalized spacial score (nSPS) is 18.4. The third-order valence-electron chi connectivity index (χ3n) is 4.68. The van der Waals surface area contributed by atoms with E-state index in [-0.39, 0.29) is 25.4 Å². The van der Waals surface area contributed by atoms with Gasteiger partial charge in [-0.3, -0.25) is 14.6 Å². The molecule has 0 saturated heterocycles. The number of rotatable bonds is 8. The molecule has 0 aliphatic carbocycles. The van der Waals surface area contributed by atoms with Crippen molar-refractivity contribution in [3.63, 3.8) is 0 Å². The molecule has 0 bridgehead atoms. The summed E-state index contributed by atoms with van der Waals surface area (Å²) in [6, 6.07) is 7.09. The molecule has 2 rings (SSSR count). The molecule has 0 radical (unpaired) electrons. The van der Waals surface area contributed by atoms with E-state index in [1.807, 2.05) is 0 Å². The summed E-state index contributed by atoms with van der Waals surface area (Å²) in [5.41, 5.74) is 1.34. The van der Waals surface area contributed by atoms with Gasteiger partial charge in [-0.15, -0.1) is 0 Å². The fourth-order valence-corrected chi connectivity index (χ4v) is 3.36. The van der Waals surface area contributed by atoms with Crippen molar-refractivity contribution in [2.45, 2.75) is 34.3 Å². The average molecular weight is 417 g/mol. The van der Waals surface area contributed by atoms with Crippen molar-refractivity contribution < 1.29 is 33.3 Å². The first kappa shape index (κ1) is 23.1. The molecule has 1 aromatic rings.